The molecule has 0 unspecified atom stereocenters. The standard InChI is InChI=1S/C24H17BrCl2N2O3/c1-31-22-12-15(10-17(13-28)24(30)29-19-8-6-18(26)7-9-19)11-21(27)23(22)32-14-16-4-2-3-5-20(16)25/h2-12H,14H2,1H3,(H,29,30)/b17-10+. The maximum absolute atomic E-state index is 12.5. The van der Waals surface area contributed by atoms with Crippen molar-refractivity contribution in [2.45, 2.75) is 6.61 Å². The van der Waals surface area contributed by atoms with Crippen molar-refractivity contribution in [2.75, 3.05) is 12.4 Å². The molecule has 0 spiro atoms. The van der Waals surface area contributed by atoms with Crippen molar-refractivity contribution < 1.29 is 14.3 Å². The summed E-state index contributed by atoms with van der Waals surface area (Å²) in [6, 6.07) is 19.4. The summed E-state index contributed by atoms with van der Waals surface area (Å²) in [4.78, 5) is 12.5. The third-order valence-corrected chi connectivity index (χ3v) is 5.67. The Labute approximate surface area is 204 Å². The largest absolute Gasteiger partial charge is 0.493 e. The molecule has 0 saturated carbocycles. The fourth-order valence-corrected chi connectivity index (χ4v) is 3.57. The highest BCUT2D eigenvalue weighted by Gasteiger charge is 2.15. The van der Waals surface area contributed by atoms with E-state index in [4.69, 9.17) is 32.7 Å². The van der Waals surface area contributed by atoms with E-state index < -0.39 is 5.91 Å². The number of nitrogens with one attached hydrogen (secondary N) is 1. The van der Waals surface area contributed by atoms with Gasteiger partial charge < -0.3 is 14.8 Å². The predicted octanol–water partition coefficient (Wildman–Crippen LogP) is 6.89. The molecule has 1 amide bonds. The zero-order valence-corrected chi connectivity index (χ0v) is 20.0. The Bertz CT molecular complexity index is 1200. The molecule has 0 fully saturated rings. The number of anilines is 1. The number of nitrogens with zero attached hydrogens (tertiary/aromatic N) is 1. The molecule has 0 atom stereocenters. The van der Waals surface area contributed by atoms with E-state index in [0.29, 0.717) is 27.8 Å². The van der Waals surface area contributed by atoms with Crippen LogP contribution in [-0.2, 0) is 11.4 Å². The lowest BCUT2D eigenvalue weighted by molar-refractivity contribution is -0.112. The van der Waals surface area contributed by atoms with Crippen molar-refractivity contribution in [2.24, 2.45) is 0 Å². The summed E-state index contributed by atoms with van der Waals surface area (Å²) in [6.45, 7) is 0.277. The average molecular weight is 532 g/mol. The summed E-state index contributed by atoms with van der Waals surface area (Å²) in [7, 11) is 1.49. The number of benzene rings is 3. The van der Waals surface area contributed by atoms with E-state index in [1.54, 1.807) is 36.4 Å². The lowest BCUT2D eigenvalue weighted by atomic mass is 10.1. The van der Waals surface area contributed by atoms with E-state index in [2.05, 4.69) is 21.2 Å². The van der Waals surface area contributed by atoms with Gasteiger partial charge in [0.25, 0.3) is 5.91 Å². The fourth-order valence-electron chi connectivity index (χ4n) is 2.78. The number of methoxy groups -OCH3 is 1. The minimum Gasteiger partial charge on any atom is -0.493 e. The minimum absolute atomic E-state index is 0.0973. The van der Waals surface area contributed by atoms with E-state index in [9.17, 15) is 10.1 Å². The second-order valence-electron chi connectivity index (χ2n) is 6.55. The van der Waals surface area contributed by atoms with Gasteiger partial charge >= 0.3 is 0 Å². The van der Waals surface area contributed by atoms with Crippen LogP contribution >= 0.6 is 39.1 Å². The fraction of sp³-hybridized carbons (Fsp3) is 0.0833. The summed E-state index contributed by atoms with van der Waals surface area (Å²) in [5, 5.41) is 13.0. The lowest BCUT2D eigenvalue weighted by Gasteiger charge is -2.14. The van der Waals surface area contributed by atoms with Gasteiger partial charge in [0, 0.05) is 20.7 Å². The van der Waals surface area contributed by atoms with Crippen LogP contribution in [0.3, 0.4) is 0 Å². The van der Waals surface area contributed by atoms with E-state index >= 15 is 0 Å². The summed E-state index contributed by atoms with van der Waals surface area (Å²) < 4.78 is 12.2. The Kier molecular flexibility index (Phi) is 8.18. The molecule has 0 aliphatic carbocycles. The molecule has 162 valence electrons. The van der Waals surface area contributed by atoms with Gasteiger partial charge in [0.15, 0.2) is 11.5 Å². The van der Waals surface area contributed by atoms with Crippen LogP contribution < -0.4 is 14.8 Å². The Morgan fingerprint density at radius 1 is 1.16 bits per heavy atom. The first kappa shape index (κ1) is 23.7. The molecule has 0 saturated heterocycles. The Morgan fingerprint density at radius 3 is 2.53 bits per heavy atom. The van der Waals surface area contributed by atoms with Crippen molar-refractivity contribution >= 4 is 56.8 Å². The highest BCUT2D eigenvalue weighted by molar-refractivity contribution is 9.10. The highest BCUT2D eigenvalue weighted by atomic mass is 79.9. The monoisotopic (exact) mass is 530 g/mol. The molecule has 0 bridgehead atoms. The van der Waals surface area contributed by atoms with Crippen LogP contribution in [0, 0.1) is 11.3 Å². The third kappa shape index (κ3) is 6.04. The van der Waals surface area contributed by atoms with Gasteiger partial charge in [-0.1, -0.05) is 57.3 Å². The number of nitriles is 1. The number of rotatable bonds is 7. The molecule has 8 heteroatoms. The molecule has 3 rings (SSSR count). The van der Waals surface area contributed by atoms with Crippen LogP contribution in [-0.4, -0.2) is 13.0 Å². The van der Waals surface area contributed by atoms with Crippen molar-refractivity contribution in [3.05, 3.63) is 91.9 Å². The molecule has 0 aromatic heterocycles. The Morgan fingerprint density at radius 2 is 1.88 bits per heavy atom. The number of halogens is 3. The number of amides is 1. The van der Waals surface area contributed by atoms with Gasteiger partial charge in [-0.15, -0.1) is 0 Å². The molecule has 32 heavy (non-hydrogen) atoms. The zero-order chi connectivity index (χ0) is 23.1. The first-order chi connectivity index (χ1) is 15.4. The van der Waals surface area contributed by atoms with Gasteiger partial charge in [-0.2, -0.15) is 5.26 Å². The van der Waals surface area contributed by atoms with Crippen LogP contribution in [0.5, 0.6) is 11.5 Å². The van der Waals surface area contributed by atoms with E-state index in [1.165, 1.54) is 13.2 Å². The molecule has 1 N–H and O–H groups in total. The zero-order valence-electron chi connectivity index (χ0n) is 16.9. The minimum atomic E-state index is -0.556. The molecule has 5 nitrogen and oxygen atoms in total. The van der Waals surface area contributed by atoms with Crippen molar-refractivity contribution in [3.63, 3.8) is 0 Å². The SMILES string of the molecule is COc1cc(/C=C(\C#N)C(=O)Nc2ccc(Cl)cc2)cc(Cl)c1OCc1ccccc1Br. The lowest BCUT2D eigenvalue weighted by Crippen LogP contribution is -2.13. The van der Waals surface area contributed by atoms with Crippen LogP contribution in [0.15, 0.2) is 70.7 Å². The normalized spacial score (nSPS) is 10.9. The van der Waals surface area contributed by atoms with Gasteiger partial charge in [-0.25, -0.2) is 0 Å². The molecule has 3 aromatic rings. The summed E-state index contributed by atoms with van der Waals surface area (Å²) in [6.07, 6.45) is 1.43. The Hall–Kier alpha value is -2.98. The van der Waals surface area contributed by atoms with Crippen LogP contribution in [0.4, 0.5) is 5.69 Å². The number of ether oxygens (including phenoxy) is 2. The van der Waals surface area contributed by atoms with Gasteiger partial charge in [0.1, 0.15) is 18.2 Å². The van der Waals surface area contributed by atoms with Crippen LogP contribution in [0.2, 0.25) is 10.0 Å². The molecular formula is C24H17BrCl2N2O3. The van der Waals surface area contributed by atoms with E-state index in [1.807, 2.05) is 30.3 Å². The molecular weight excluding hydrogens is 515 g/mol. The summed E-state index contributed by atoms with van der Waals surface area (Å²) in [5.41, 5.74) is 1.88. The van der Waals surface area contributed by atoms with Gasteiger partial charge in [0.2, 0.25) is 0 Å². The van der Waals surface area contributed by atoms with Crippen molar-refractivity contribution in [3.8, 4) is 17.6 Å². The summed E-state index contributed by atoms with van der Waals surface area (Å²) >= 11 is 15.8. The molecule has 0 heterocycles. The number of carbonyl (C=O) groups excluding carboxylic acids is 1. The highest BCUT2D eigenvalue weighted by Crippen LogP contribution is 2.38. The number of carbonyl (C=O) groups is 1. The van der Waals surface area contributed by atoms with E-state index in [-0.39, 0.29) is 17.2 Å². The second-order valence-corrected chi connectivity index (χ2v) is 8.24. The second kappa shape index (κ2) is 11.1. The number of hydrogen-bond acceptors (Lipinski definition) is 4. The van der Waals surface area contributed by atoms with Crippen molar-refractivity contribution in [1.82, 2.24) is 0 Å². The first-order valence-electron chi connectivity index (χ1n) is 9.33. The summed E-state index contributed by atoms with van der Waals surface area (Å²) in [5.74, 6) is 0.191. The maximum Gasteiger partial charge on any atom is 0.266 e. The maximum atomic E-state index is 12.5. The van der Waals surface area contributed by atoms with Gasteiger partial charge in [-0.05, 0) is 54.1 Å². The van der Waals surface area contributed by atoms with Gasteiger partial charge in [-0.3, -0.25) is 4.79 Å². The van der Waals surface area contributed by atoms with E-state index in [0.717, 1.165) is 10.0 Å². The molecule has 3 aromatic carbocycles. The van der Waals surface area contributed by atoms with Gasteiger partial charge in [0.05, 0.1) is 12.1 Å². The predicted molar refractivity (Wildman–Crippen MR) is 130 cm³/mol. The Balaban J connectivity index is 1.82. The van der Waals surface area contributed by atoms with Crippen LogP contribution in [0.25, 0.3) is 6.08 Å². The topological polar surface area (TPSA) is 71.3 Å². The molecule has 0 aliphatic heterocycles. The third-order valence-electron chi connectivity index (χ3n) is 4.36. The smallest absolute Gasteiger partial charge is 0.266 e. The average Bonchev–Trinajstić information content (AvgIpc) is 2.78. The molecule has 0 aliphatic rings. The number of hydrogen-bond donors (Lipinski definition) is 1. The molecule has 0 radical (unpaired) electrons. The van der Waals surface area contributed by atoms with Crippen LogP contribution in [0.1, 0.15) is 11.1 Å². The first-order valence-corrected chi connectivity index (χ1v) is 10.9. The quantitative estimate of drug-likeness (QED) is 0.266. The van der Waals surface area contributed by atoms with Crippen molar-refractivity contribution in [1.29, 1.82) is 5.26 Å².